The maximum atomic E-state index is 13.1. The Labute approximate surface area is 159 Å². The van der Waals surface area contributed by atoms with Gasteiger partial charge in [0.1, 0.15) is 5.82 Å². The molecule has 4 rings (SSSR count). The zero-order valence-corrected chi connectivity index (χ0v) is 16.5. The van der Waals surface area contributed by atoms with E-state index in [0.717, 1.165) is 47.6 Å². The van der Waals surface area contributed by atoms with Crippen molar-refractivity contribution in [1.29, 1.82) is 0 Å². The van der Waals surface area contributed by atoms with Crippen molar-refractivity contribution in [3.63, 3.8) is 0 Å². The van der Waals surface area contributed by atoms with E-state index in [2.05, 4.69) is 27.8 Å². The molecule has 0 radical (unpaired) electrons. The number of para-hydroxylation sites is 2. The first-order valence-corrected chi connectivity index (χ1v) is 9.69. The third kappa shape index (κ3) is 3.03. The highest BCUT2D eigenvalue weighted by Gasteiger charge is 2.34. The van der Waals surface area contributed by atoms with Crippen molar-refractivity contribution in [2.24, 2.45) is 7.05 Å². The molecule has 0 aliphatic carbocycles. The summed E-state index contributed by atoms with van der Waals surface area (Å²) in [6, 6.07) is 8.22. The predicted molar refractivity (Wildman–Crippen MR) is 105 cm³/mol. The van der Waals surface area contributed by atoms with Gasteiger partial charge in [0.15, 0.2) is 0 Å². The fourth-order valence-corrected chi connectivity index (χ4v) is 4.56. The summed E-state index contributed by atoms with van der Waals surface area (Å²) in [4.78, 5) is 20.0. The predicted octanol–water partition coefficient (Wildman–Crippen LogP) is 3.77. The summed E-state index contributed by atoms with van der Waals surface area (Å²) in [6.45, 7) is 6.94. The summed E-state index contributed by atoms with van der Waals surface area (Å²) >= 11 is 0. The molecule has 0 saturated carbocycles. The molecule has 1 amide bonds. The van der Waals surface area contributed by atoms with Gasteiger partial charge in [-0.25, -0.2) is 4.98 Å². The van der Waals surface area contributed by atoms with Crippen molar-refractivity contribution in [3.8, 4) is 0 Å². The number of amides is 1. The van der Waals surface area contributed by atoms with E-state index in [1.54, 1.807) is 0 Å². The standard InChI is InChI=1S/C21H27N5O/c1-13(20-14(2)23-24-15(20)3)12-19(27)26-11-7-10-18(26)21-22-16-8-5-6-9-17(16)25(21)4/h5-6,8-9,13,18H,7,10-12H2,1-4H3,(H,23,24). The number of H-pyrrole nitrogens is 1. The number of aromatic nitrogens is 4. The number of nitrogens with zero attached hydrogens (tertiary/aromatic N) is 4. The van der Waals surface area contributed by atoms with Crippen molar-refractivity contribution >= 4 is 16.9 Å². The summed E-state index contributed by atoms with van der Waals surface area (Å²) in [5.41, 5.74) is 5.32. The Bertz CT molecular complexity index is 966. The molecule has 3 heterocycles. The van der Waals surface area contributed by atoms with Gasteiger partial charge in [0, 0.05) is 25.7 Å². The maximum Gasteiger partial charge on any atom is 0.223 e. The molecule has 2 atom stereocenters. The fraction of sp³-hybridized carbons (Fsp3) is 0.476. The molecule has 1 aliphatic rings. The monoisotopic (exact) mass is 365 g/mol. The zero-order chi connectivity index (χ0) is 19.1. The van der Waals surface area contributed by atoms with Crippen LogP contribution in [0.3, 0.4) is 0 Å². The minimum Gasteiger partial charge on any atom is -0.332 e. The second-order valence-electron chi connectivity index (χ2n) is 7.72. The van der Waals surface area contributed by atoms with Crippen molar-refractivity contribution in [2.45, 2.75) is 52.0 Å². The van der Waals surface area contributed by atoms with E-state index in [1.807, 2.05) is 44.0 Å². The molecule has 6 heteroatoms. The van der Waals surface area contributed by atoms with Gasteiger partial charge in [0.2, 0.25) is 5.91 Å². The number of carbonyl (C=O) groups is 1. The number of carbonyl (C=O) groups excluding carboxylic acids is 1. The number of hydrogen-bond donors (Lipinski definition) is 1. The van der Waals surface area contributed by atoms with Crippen molar-refractivity contribution in [1.82, 2.24) is 24.6 Å². The third-order valence-corrected chi connectivity index (χ3v) is 5.85. The molecule has 0 bridgehead atoms. The van der Waals surface area contributed by atoms with Gasteiger partial charge in [-0.05, 0) is 50.3 Å². The maximum absolute atomic E-state index is 13.1. The topological polar surface area (TPSA) is 66.8 Å². The molecule has 2 aromatic heterocycles. The summed E-state index contributed by atoms with van der Waals surface area (Å²) in [6.07, 6.45) is 2.50. The van der Waals surface area contributed by atoms with E-state index in [0.29, 0.717) is 6.42 Å². The van der Waals surface area contributed by atoms with Crippen LogP contribution in [-0.4, -0.2) is 37.1 Å². The Morgan fingerprint density at radius 1 is 1.33 bits per heavy atom. The minimum atomic E-state index is 0.0636. The van der Waals surface area contributed by atoms with E-state index in [4.69, 9.17) is 4.98 Å². The van der Waals surface area contributed by atoms with Crippen LogP contribution < -0.4 is 0 Å². The lowest BCUT2D eigenvalue weighted by Gasteiger charge is -2.26. The Hall–Kier alpha value is -2.63. The van der Waals surface area contributed by atoms with Crippen LogP contribution in [0.5, 0.6) is 0 Å². The summed E-state index contributed by atoms with van der Waals surface area (Å²) in [5, 5.41) is 7.31. The number of nitrogens with one attached hydrogen (secondary N) is 1. The number of rotatable bonds is 4. The van der Waals surface area contributed by atoms with Gasteiger partial charge in [-0.15, -0.1) is 0 Å². The molecular formula is C21H27N5O. The quantitative estimate of drug-likeness (QED) is 0.765. The smallest absolute Gasteiger partial charge is 0.223 e. The number of aryl methyl sites for hydroxylation is 3. The van der Waals surface area contributed by atoms with Gasteiger partial charge in [-0.3, -0.25) is 9.89 Å². The van der Waals surface area contributed by atoms with Crippen molar-refractivity contribution < 1.29 is 4.79 Å². The Balaban J connectivity index is 1.57. The van der Waals surface area contributed by atoms with Gasteiger partial charge in [-0.1, -0.05) is 19.1 Å². The van der Waals surface area contributed by atoms with E-state index >= 15 is 0 Å². The molecule has 1 aliphatic heterocycles. The Morgan fingerprint density at radius 3 is 2.81 bits per heavy atom. The molecule has 6 nitrogen and oxygen atoms in total. The lowest BCUT2D eigenvalue weighted by Crippen LogP contribution is -2.32. The van der Waals surface area contributed by atoms with Crippen molar-refractivity contribution in [2.75, 3.05) is 6.54 Å². The minimum absolute atomic E-state index is 0.0636. The second kappa shape index (κ2) is 6.83. The number of benzene rings is 1. The first-order chi connectivity index (χ1) is 13.0. The first-order valence-electron chi connectivity index (χ1n) is 9.69. The molecule has 1 aromatic carbocycles. The third-order valence-electron chi connectivity index (χ3n) is 5.85. The lowest BCUT2D eigenvalue weighted by atomic mass is 9.95. The van der Waals surface area contributed by atoms with Gasteiger partial charge in [-0.2, -0.15) is 5.10 Å². The molecule has 142 valence electrons. The molecule has 1 saturated heterocycles. The van der Waals surface area contributed by atoms with E-state index in [1.165, 1.54) is 5.56 Å². The average molecular weight is 365 g/mol. The zero-order valence-electron chi connectivity index (χ0n) is 16.5. The molecular weight excluding hydrogens is 338 g/mol. The largest absolute Gasteiger partial charge is 0.332 e. The van der Waals surface area contributed by atoms with Crippen LogP contribution in [0, 0.1) is 13.8 Å². The molecule has 3 aromatic rings. The van der Waals surface area contributed by atoms with Gasteiger partial charge in [0.25, 0.3) is 0 Å². The summed E-state index contributed by atoms with van der Waals surface area (Å²) in [7, 11) is 2.05. The van der Waals surface area contributed by atoms with Gasteiger partial charge in [0.05, 0.1) is 22.8 Å². The number of hydrogen-bond acceptors (Lipinski definition) is 3. The molecule has 2 unspecified atom stereocenters. The molecule has 1 N–H and O–H groups in total. The fourth-order valence-electron chi connectivity index (χ4n) is 4.56. The highest BCUT2D eigenvalue weighted by Crippen LogP contribution is 2.35. The van der Waals surface area contributed by atoms with Gasteiger partial charge < -0.3 is 9.47 Å². The first kappa shape index (κ1) is 17.8. The Morgan fingerprint density at radius 2 is 2.11 bits per heavy atom. The van der Waals surface area contributed by atoms with Crippen LogP contribution >= 0.6 is 0 Å². The normalized spacial score (nSPS) is 18.4. The second-order valence-corrected chi connectivity index (χ2v) is 7.72. The number of fused-ring (bicyclic) bond motifs is 1. The van der Waals surface area contributed by atoms with Crippen LogP contribution in [-0.2, 0) is 11.8 Å². The number of likely N-dealkylation sites (tertiary alicyclic amines) is 1. The lowest BCUT2D eigenvalue weighted by molar-refractivity contribution is -0.132. The number of aromatic amines is 1. The summed E-state index contributed by atoms with van der Waals surface area (Å²) < 4.78 is 2.14. The molecule has 27 heavy (non-hydrogen) atoms. The van der Waals surface area contributed by atoms with E-state index in [-0.39, 0.29) is 17.9 Å². The Kier molecular flexibility index (Phi) is 4.50. The van der Waals surface area contributed by atoms with Crippen LogP contribution in [0.2, 0.25) is 0 Å². The number of imidazole rings is 1. The molecule has 0 spiro atoms. The highest BCUT2D eigenvalue weighted by atomic mass is 16.2. The van der Waals surface area contributed by atoms with E-state index in [9.17, 15) is 4.79 Å². The van der Waals surface area contributed by atoms with E-state index < -0.39 is 0 Å². The molecule has 1 fully saturated rings. The highest BCUT2D eigenvalue weighted by molar-refractivity contribution is 5.79. The van der Waals surface area contributed by atoms with Crippen LogP contribution in [0.4, 0.5) is 0 Å². The average Bonchev–Trinajstić information content (AvgIpc) is 3.33. The SMILES string of the molecule is Cc1n[nH]c(C)c1C(C)CC(=O)N1CCCC1c1nc2ccccc2n1C. The van der Waals surface area contributed by atoms with Crippen LogP contribution in [0.25, 0.3) is 11.0 Å². The van der Waals surface area contributed by atoms with Crippen molar-refractivity contribution in [3.05, 3.63) is 47.0 Å². The summed E-state index contributed by atoms with van der Waals surface area (Å²) in [5.74, 6) is 1.35. The van der Waals surface area contributed by atoms with Crippen LogP contribution in [0.1, 0.15) is 60.9 Å². The van der Waals surface area contributed by atoms with Crippen LogP contribution in [0.15, 0.2) is 24.3 Å². The van der Waals surface area contributed by atoms with Gasteiger partial charge >= 0.3 is 0 Å².